The van der Waals surface area contributed by atoms with E-state index in [0.717, 1.165) is 35.3 Å². The first-order valence-electron chi connectivity index (χ1n) is 17.3. The van der Waals surface area contributed by atoms with E-state index in [2.05, 4.69) is 67.3 Å². The summed E-state index contributed by atoms with van der Waals surface area (Å²) in [6.07, 6.45) is 3.16. The second-order valence-electron chi connectivity index (χ2n) is 16.5. The van der Waals surface area contributed by atoms with Crippen molar-refractivity contribution in [2.45, 2.75) is 122 Å². The molecule has 2 aromatic carbocycles. The molecule has 7 atom stereocenters. The molecular formula is C40H58O6Si. The van der Waals surface area contributed by atoms with Crippen LogP contribution in [0.15, 0.2) is 78.6 Å². The van der Waals surface area contributed by atoms with Gasteiger partial charge in [-0.05, 0) is 79.1 Å². The summed E-state index contributed by atoms with van der Waals surface area (Å²) in [6.45, 7) is 23.0. The van der Waals surface area contributed by atoms with Crippen molar-refractivity contribution < 1.29 is 28.8 Å². The van der Waals surface area contributed by atoms with Crippen molar-refractivity contribution in [1.82, 2.24) is 0 Å². The van der Waals surface area contributed by atoms with Crippen LogP contribution in [0.1, 0.15) is 78.4 Å². The monoisotopic (exact) mass is 662 g/mol. The zero-order valence-corrected chi connectivity index (χ0v) is 31.1. The van der Waals surface area contributed by atoms with Crippen LogP contribution in [0.4, 0.5) is 0 Å². The third-order valence-corrected chi connectivity index (χ3v) is 17.0. The molecule has 0 amide bonds. The zero-order valence-electron chi connectivity index (χ0n) is 30.1. The van der Waals surface area contributed by atoms with Gasteiger partial charge in [-0.15, -0.1) is 0 Å². The van der Waals surface area contributed by atoms with E-state index < -0.39 is 37.0 Å². The molecule has 0 aromatic heterocycles. The highest BCUT2D eigenvalue weighted by molar-refractivity contribution is 6.74. The Balaban J connectivity index is 1.63. The fourth-order valence-electron chi connectivity index (χ4n) is 8.07. The maximum atomic E-state index is 12.9. The van der Waals surface area contributed by atoms with Gasteiger partial charge in [-0.1, -0.05) is 96.2 Å². The first-order chi connectivity index (χ1) is 22.0. The normalized spacial score (nSPS) is 33.6. The number of aliphatic hydroxyl groups is 2. The van der Waals surface area contributed by atoms with Gasteiger partial charge in [0.2, 0.25) is 0 Å². The van der Waals surface area contributed by atoms with Crippen molar-refractivity contribution in [2.24, 2.45) is 22.7 Å². The van der Waals surface area contributed by atoms with E-state index in [1.807, 2.05) is 54.6 Å². The second kappa shape index (κ2) is 13.1. The van der Waals surface area contributed by atoms with Crippen molar-refractivity contribution in [3.63, 3.8) is 0 Å². The lowest BCUT2D eigenvalue weighted by molar-refractivity contribution is -0.179. The molecule has 3 aliphatic carbocycles. The number of ether oxygens (including phenoxy) is 3. The summed E-state index contributed by atoms with van der Waals surface area (Å²) >= 11 is 0. The highest BCUT2D eigenvalue weighted by Gasteiger charge is 2.65. The van der Waals surface area contributed by atoms with Crippen molar-refractivity contribution in [1.29, 1.82) is 0 Å². The third-order valence-electron chi connectivity index (χ3n) is 12.5. The standard InChI is InChI=1S/C40H58O6Si/c1-27-16-21-33(46-47(9,10)37(2,3)4)39(7)32(27)24-34(44-25-28-14-12-11-13-15-28)40(42)23-22-31(38(40,5)6)35(36(39)41)45-26-29-17-19-30(43-8)20-18-29/h11-15,17-20,24,31-33,35-36,41-42H,1,16,21-23,25-26H2,2-10H3/b34-24+/t31?,32-,33+,35-,36-,39+,40?/m1/s1. The number of benzene rings is 2. The molecular weight excluding hydrogens is 605 g/mol. The predicted molar refractivity (Wildman–Crippen MR) is 190 cm³/mol. The Morgan fingerprint density at radius 1 is 0.936 bits per heavy atom. The van der Waals surface area contributed by atoms with Gasteiger partial charge >= 0.3 is 0 Å². The van der Waals surface area contributed by atoms with Gasteiger partial charge in [0.25, 0.3) is 0 Å². The van der Waals surface area contributed by atoms with Gasteiger partial charge < -0.3 is 28.8 Å². The van der Waals surface area contributed by atoms with E-state index in [4.69, 9.17) is 18.6 Å². The highest BCUT2D eigenvalue weighted by atomic mass is 28.4. The van der Waals surface area contributed by atoms with Crippen LogP contribution in [0.3, 0.4) is 0 Å². The Hall–Kier alpha value is -2.42. The number of hydrogen-bond donors (Lipinski definition) is 2. The quantitative estimate of drug-likeness (QED) is 0.207. The molecule has 7 heteroatoms. The van der Waals surface area contributed by atoms with Gasteiger partial charge in [-0.2, -0.15) is 0 Å². The number of fused-ring (bicyclic) bond motifs is 3. The molecule has 2 unspecified atom stereocenters. The van der Waals surface area contributed by atoms with Crippen LogP contribution in [-0.4, -0.2) is 49.6 Å². The molecule has 0 aliphatic heterocycles. The van der Waals surface area contributed by atoms with Gasteiger partial charge in [-0.25, -0.2) is 0 Å². The Morgan fingerprint density at radius 2 is 1.57 bits per heavy atom. The fraction of sp³-hybridized carbons (Fsp3) is 0.600. The van der Waals surface area contributed by atoms with Crippen molar-refractivity contribution >= 4 is 8.32 Å². The predicted octanol–water partition coefficient (Wildman–Crippen LogP) is 8.59. The molecule has 2 fully saturated rings. The summed E-state index contributed by atoms with van der Waals surface area (Å²) in [7, 11) is -0.583. The van der Waals surface area contributed by atoms with Gasteiger partial charge in [0.05, 0.1) is 32.0 Å². The van der Waals surface area contributed by atoms with Crippen molar-refractivity contribution in [3.05, 3.63) is 89.7 Å². The first-order valence-corrected chi connectivity index (χ1v) is 20.3. The molecule has 2 bridgehead atoms. The van der Waals surface area contributed by atoms with Crippen molar-refractivity contribution in [3.8, 4) is 5.75 Å². The summed E-state index contributed by atoms with van der Waals surface area (Å²) in [6, 6.07) is 18.0. The smallest absolute Gasteiger partial charge is 0.192 e. The molecule has 2 aromatic rings. The summed E-state index contributed by atoms with van der Waals surface area (Å²) in [5, 5.41) is 25.7. The maximum Gasteiger partial charge on any atom is 0.192 e. The summed E-state index contributed by atoms with van der Waals surface area (Å²) in [5.41, 5.74) is 0.352. The highest BCUT2D eigenvalue weighted by Crippen LogP contribution is 2.61. The molecule has 2 N–H and O–H groups in total. The van der Waals surface area contributed by atoms with Crippen LogP contribution in [0.5, 0.6) is 5.75 Å². The van der Waals surface area contributed by atoms with E-state index in [9.17, 15) is 10.2 Å². The van der Waals surface area contributed by atoms with Gasteiger partial charge in [0.15, 0.2) is 8.32 Å². The SMILES string of the molecule is C=C1CC[C@H](O[Si](C)(C)C(C)(C)C)[C@]2(C)[C@@H]1/C=C(/OCc1ccccc1)C1(O)CCC([C@@H](OCc3ccc(OC)cc3)[C@H]2O)C1(C)C. The first kappa shape index (κ1) is 35.9. The maximum absolute atomic E-state index is 12.9. The van der Waals surface area contributed by atoms with Gasteiger partial charge in [-0.3, -0.25) is 0 Å². The largest absolute Gasteiger partial charge is 0.497 e. The molecule has 3 aliphatic rings. The number of allylic oxidation sites excluding steroid dienone is 2. The van der Waals surface area contributed by atoms with Crippen LogP contribution in [0, 0.1) is 22.7 Å². The molecule has 6 nitrogen and oxygen atoms in total. The molecule has 2 saturated carbocycles. The summed E-state index contributed by atoms with van der Waals surface area (Å²) < 4.78 is 26.2. The van der Waals surface area contributed by atoms with Crippen LogP contribution in [-0.2, 0) is 27.1 Å². The Morgan fingerprint density at radius 3 is 2.19 bits per heavy atom. The molecule has 0 spiro atoms. The fourth-order valence-corrected chi connectivity index (χ4v) is 9.51. The molecule has 0 heterocycles. The second-order valence-corrected chi connectivity index (χ2v) is 21.3. The minimum absolute atomic E-state index is 0.00293. The molecule has 47 heavy (non-hydrogen) atoms. The lowest BCUT2D eigenvalue weighted by atomic mass is 9.58. The third kappa shape index (κ3) is 6.51. The van der Waals surface area contributed by atoms with E-state index in [1.54, 1.807) is 7.11 Å². The number of rotatable bonds is 9. The minimum atomic E-state index is -2.24. The van der Waals surface area contributed by atoms with Gasteiger partial charge in [0.1, 0.15) is 23.7 Å². The van der Waals surface area contributed by atoms with Crippen LogP contribution >= 0.6 is 0 Å². The van der Waals surface area contributed by atoms with Crippen LogP contribution < -0.4 is 4.74 Å². The number of hydrogen-bond acceptors (Lipinski definition) is 6. The lowest BCUT2D eigenvalue weighted by Gasteiger charge is -2.55. The minimum Gasteiger partial charge on any atom is -0.497 e. The summed E-state index contributed by atoms with van der Waals surface area (Å²) in [5.74, 6) is 0.915. The summed E-state index contributed by atoms with van der Waals surface area (Å²) in [4.78, 5) is 0. The van der Waals surface area contributed by atoms with Crippen LogP contribution in [0.25, 0.3) is 0 Å². The van der Waals surface area contributed by atoms with Gasteiger partial charge in [0, 0.05) is 16.7 Å². The van der Waals surface area contributed by atoms with E-state index in [0.29, 0.717) is 31.8 Å². The average Bonchev–Trinajstić information content (AvgIpc) is 3.27. The van der Waals surface area contributed by atoms with Crippen molar-refractivity contribution in [2.75, 3.05) is 7.11 Å². The van der Waals surface area contributed by atoms with Crippen LogP contribution in [0.2, 0.25) is 18.1 Å². The zero-order chi connectivity index (χ0) is 34.4. The van der Waals surface area contributed by atoms with E-state index >= 15 is 0 Å². The molecule has 258 valence electrons. The molecule has 0 radical (unpaired) electrons. The van der Waals surface area contributed by atoms with E-state index in [1.165, 1.54) is 0 Å². The Bertz CT molecular complexity index is 1430. The topological polar surface area (TPSA) is 77.4 Å². The Kier molecular flexibility index (Phi) is 10.0. The molecule has 5 rings (SSSR count). The number of methoxy groups -OCH3 is 1. The Labute approximate surface area is 284 Å². The lowest BCUT2D eigenvalue weighted by Crippen LogP contribution is -2.61. The number of aliphatic hydroxyl groups excluding tert-OH is 1. The molecule has 0 saturated heterocycles. The van der Waals surface area contributed by atoms with E-state index in [-0.39, 0.29) is 23.0 Å². The average molecular weight is 663 g/mol.